The molecule has 0 unspecified atom stereocenters. The molecule has 2 bridgehead atoms. The molecule has 5 heterocycles. The number of carbonyl (C=O) groups is 1. The summed E-state index contributed by atoms with van der Waals surface area (Å²) >= 11 is 6.26. The van der Waals surface area contributed by atoms with E-state index in [-0.39, 0.29) is 23.0 Å². The molecule has 14 heteroatoms. The van der Waals surface area contributed by atoms with Crippen molar-refractivity contribution in [3.8, 4) is 28.3 Å². The summed E-state index contributed by atoms with van der Waals surface area (Å²) in [4.78, 5) is 30.9. The van der Waals surface area contributed by atoms with Crippen molar-refractivity contribution in [1.82, 2.24) is 35.0 Å². The van der Waals surface area contributed by atoms with Crippen LogP contribution in [0.3, 0.4) is 0 Å². The van der Waals surface area contributed by atoms with Gasteiger partial charge < -0.3 is 9.73 Å². The van der Waals surface area contributed by atoms with Gasteiger partial charge in [-0.05, 0) is 65.7 Å². The van der Waals surface area contributed by atoms with E-state index in [4.69, 9.17) is 16.0 Å². The highest BCUT2D eigenvalue weighted by Crippen LogP contribution is 2.36. The van der Waals surface area contributed by atoms with Crippen LogP contribution in [0.5, 0.6) is 0 Å². The highest BCUT2D eigenvalue weighted by molar-refractivity contribution is 6.31. The molecule has 1 amide bonds. The van der Waals surface area contributed by atoms with E-state index in [1.54, 1.807) is 49.4 Å². The first-order valence-corrected chi connectivity index (χ1v) is 13.5. The average molecular weight is 593 g/mol. The number of rotatable bonds is 4. The molecule has 0 spiro atoms. The smallest absolute Gasteiger partial charge is 0.340 e. The van der Waals surface area contributed by atoms with Crippen molar-refractivity contribution in [3.63, 3.8) is 0 Å². The number of amides is 1. The molecule has 0 fully saturated rings. The number of aromatic nitrogens is 7. The monoisotopic (exact) mass is 592 g/mol. The van der Waals surface area contributed by atoms with Crippen molar-refractivity contribution in [1.29, 1.82) is 0 Å². The van der Waals surface area contributed by atoms with Gasteiger partial charge in [-0.2, -0.15) is 18.6 Å². The molecule has 214 valence electrons. The molecule has 0 saturated carbocycles. The summed E-state index contributed by atoms with van der Waals surface area (Å²) in [5, 5.41) is 18.2. The van der Waals surface area contributed by atoms with Crippen molar-refractivity contribution in [3.05, 3.63) is 87.9 Å². The maximum Gasteiger partial charge on any atom is 0.340 e. The van der Waals surface area contributed by atoms with E-state index in [9.17, 15) is 18.4 Å². The second-order valence-corrected chi connectivity index (χ2v) is 10.4. The van der Waals surface area contributed by atoms with Gasteiger partial charge in [-0.1, -0.05) is 24.9 Å². The lowest BCUT2D eigenvalue weighted by Gasteiger charge is -2.20. The van der Waals surface area contributed by atoms with E-state index in [0.29, 0.717) is 57.0 Å². The number of pyridine rings is 1. The van der Waals surface area contributed by atoms with E-state index in [2.05, 4.69) is 30.9 Å². The summed E-state index contributed by atoms with van der Waals surface area (Å²) in [7, 11) is 0. The number of benzene rings is 1. The van der Waals surface area contributed by atoms with E-state index in [1.165, 1.54) is 23.4 Å². The minimum Gasteiger partial charge on any atom is -0.422 e. The summed E-state index contributed by atoms with van der Waals surface area (Å²) < 4.78 is 35.6. The highest BCUT2D eigenvalue weighted by Gasteiger charge is 2.27. The molecular formula is C28H23ClF2N8O3. The third kappa shape index (κ3) is 5.18. The maximum atomic E-state index is 13.9. The van der Waals surface area contributed by atoms with Gasteiger partial charge in [-0.3, -0.25) is 9.78 Å². The lowest BCUT2D eigenvalue weighted by molar-refractivity contribution is -0.119. The van der Waals surface area contributed by atoms with Crippen molar-refractivity contribution >= 4 is 23.2 Å². The first-order chi connectivity index (χ1) is 20.3. The Kier molecular flexibility index (Phi) is 7.33. The maximum absolute atomic E-state index is 13.9. The molecule has 6 rings (SSSR count). The van der Waals surface area contributed by atoms with Gasteiger partial charge in [0.2, 0.25) is 5.91 Å². The predicted molar refractivity (Wildman–Crippen MR) is 148 cm³/mol. The van der Waals surface area contributed by atoms with E-state index in [1.807, 2.05) is 0 Å². The highest BCUT2D eigenvalue weighted by atomic mass is 35.5. The van der Waals surface area contributed by atoms with Crippen molar-refractivity contribution in [2.24, 2.45) is 5.92 Å². The van der Waals surface area contributed by atoms with Crippen molar-refractivity contribution < 1.29 is 18.0 Å². The Labute approximate surface area is 242 Å². The fourth-order valence-corrected chi connectivity index (χ4v) is 5.33. The molecule has 5 aromatic rings. The van der Waals surface area contributed by atoms with Crippen LogP contribution in [0.4, 0.5) is 14.5 Å². The third-order valence-corrected chi connectivity index (χ3v) is 7.51. The second-order valence-electron chi connectivity index (χ2n) is 9.93. The standard InChI is InChI=1S/C28H23ClF2N8O3/c1-15-3-2-4-18(21-11-16(9-10-32-21)25-22(35-26(15)40)13-34-39(25)28(30)31)19-6-8-24(42-27(19)41)20-12-17(29)5-7-23(20)38-14-33-36-37-38/h5-15,18,28H,2-4H2,1H3,(H,35,40)/t15-,18-/m1/s1. The van der Waals surface area contributed by atoms with Gasteiger partial charge in [0.05, 0.1) is 23.3 Å². The van der Waals surface area contributed by atoms with Crippen LogP contribution >= 0.6 is 11.6 Å². The molecule has 4 aromatic heterocycles. The Morgan fingerprint density at radius 2 is 1.98 bits per heavy atom. The number of nitrogens with one attached hydrogen (secondary N) is 1. The van der Waals surface area contributed by atoms with Crippen LogP contribution in [0.25, 0.3) is 28.3 Å². The van der Waals surface area contributed by atoms with Gasteiger partial charge in [0.25, 0.3) is 0 Å². The zero-order valence-corrected chi connectivity index (χ0v) is 22.9. The van der Waals surface area contributed by atoms with Crippen molar-refractivity contribution in [2.45, 2.75) is 38.7 Å². The molecule has 1 aliphatic heterocycles. The van der Waals surface area contributed by atoms with Gasteiger partial charge in [0.15, 0.2) is 0 Å². The zero-order valence-electron chi connectivity index (χ0n) is 22.1. The number of anilines is 1. The lowest BCUT2D eigenvalue weighted by atomic mass is 9.88. The van der Waals surface area contributed by atoms with Gasteiger partial charge >= 0.3 is 12.2 Å². The van der Waals surface area contributed by atoms with Gasteiger partial charge in [0.1, 0.15) is 12.1 Å². The molecule has 42 heavy (non-hydrogen) atoms. The fraction of sp³-hybridized carbons (Fsp3) is 0.250. The number of carbonyl (C=O) groups excluding carboxylic acids is 1. The molecule has 0 saturated heterocycles. The minimum atomic E-state index is -2.94. The lowest BCUT2D eigenvalue weighted by Crippen LogP contribution is -2.22. The number of alkyl halides is 2. The normalized spacial score (nSPS) is 17.3. The van der Waals surface area contributed by atoms with Crippen LogP contribution in [0.2, 0.25) is 5.02 Å². The third-order valence-electron chi connectivity index (χ3n) is 7.28. The molecule has 1 aliphatic rings. The van der Waals surface area contributed by atoms with E-state index < -0.39 is 24.0 Å². The Hall–Kier alpha value is -4.78. The Bertz CT molecular complexity index is 1820. The SMILES string of the molecule is C[C@@H]1CCC[C@H](c2ccc(-c3cc(Cl)ccc3-n3cnnn3)oc2=O)c2cc(ccn2)-c2c(cnn2C(F)F)NC1=O. The molecule has 0 aliphatic carbocycles. The van der Waals surface area contributed by atoms with Crippen LogP contribution in [-0.2, 0) is 4.79 Å². The van der Waals surface area contributed by atoms with Crippen LogP contribution in [0, 0.1) is 5.92 Å². The summed E-state index contributed by atoms with van der Waals surface area (Å²) in [5.74, 6) is -0.997. The van der Waals surface area contributed by atoms with Crippen molar-refractivity contribution in [2.75, 3.05) is 5.32 Å². The quantitative estimate of drug-likeness (QED) is 0.290. The van der Waals surface area contributed by atoms with E-state index in [0.717, 1.165) is 0 Å². The molecular weight excluding hydrogens is 570 g/mol. The minimum absolute atomic E-state index is 0.0481. The predicted octanol–water partition coefficient (Wildman–Crippen LogP) is 5.48. The summed E-state index contributed by atoms with van der Waals surface area (Å²) in [5.41, 5.74) is 1.89. The molecule has 0 radical (unpaired) electrons. The molecule has 1 aromatic carbocycles. The first-order valence-electron chi connectivity index (χ1n) is 13.1. The summed E-state index contributed by atoms with van der Waals surface area (Å²) in [6.07, 6.45) is 5.67. The topological polar surface area (TPSA) is 134 Å². The molecule has 11 nitrogen and oxygen atoms in total. The number of tetrazole rings is 1. The van der Waals surface area contributed by atoms with Gasteiger partial charge in [-0.15, -0.1) is 5.10 Å². The number of hydrogen-bond acceptors (Lipinski definition) is 8. The summed E-state index contributed by atoms with van der Waals surface area (Å²) in [6.45, 7) is -1.17. The molecule has 1 N–H and O–H groups in total. The zero-order chi connectivity index (χ0) is 29.4. The first kappa shape index (κ1) is 27.4. The van der Waals surface area contributed by atoms with Crippen LogP contribution in [0.15, 0.2) is 70.4 Å². The van der Waals surface area contributed by atoms with Crippen LogP contribution < -0.4 is 10.9 Å². The van der Waals surface area contributed by atoms with Crippen LogP contribution in [-0.4, -0.2) is 40.9 Å². The van der Waals surface area contributed by atoms with Crippen LogP contribution in [0.1, 0.15) is 49.9 Å². The summed E-state index contributed by atoms with van der Waals surface area (Å²) in [6, 6.07) is 11.6. The number of nitrogens with zero attached hydrogens (tertiary/aromatic N) is 7. The fourth-order valence-electron chi connectivity index (χ4n) is 5.16. The number of fused-ring (bicyclic) bond motifs is 4. The van der Waals surface area contributed by atoms with Gasteiger partial charge in [0, 0.05) is 45.4 Å². The van der Waals surface area contributed by atoms with Gasteiger partial charge in [-0.25, -0.2) is 9.48 Å². The second kappa shape index (κ2) is 11.2. The Morgan fingerprint density at radius 1 is 1.12 bits per heavy atom. The Balaban J connectivity index is 1.45. The molecule has 2 atom stereocenters. The Morgan fingerprint density at radius 3 is 2.74 bits per heavy atom. The largest absolute Gasteiger partial charge is 0.422 e. The number of halogens is 3. The van der Waals surface area contributed by atoms with E-state index >= 15 is 0 Å². The average Bonchev–Trinajstić information content (AvgIpc) is 3.66. The number of hydrogen-bond donors (Lipinski definition) is 1.